The summed E-state index contributed by atoms with van der Waals surface area (Å²) in [6.07, 6.45) is 1.56. The zero-order chi connectivity index (χ0) is 26.6. The summed E-state index contributed by atoms with van der Waals surface area (Å²) in [4.78, 5) is 42.7. The van der Waals surface area contributed by atoms with Gasteiger partial charge in [0.2, 0.25) is 21.8 Å². The Balaban J connectivity index is 2.06. The largest absolute Gasteiger partial charge is 0.379 e. The van der Waals surface area contributed by atoms with Crippen LogP contribution in [0.5, 0.6) is 5.75 Å². The first-order chi connectivity index (χ1) is 17.1. The average Bonchev–Trinajstić information content (AvgIpc) is 2.86. The fourth-order valence-electron chi connectivity index (χ4n) is 3.05. The fraction of sp³-hybridized carbons (Fsp3) is 0.400. The van der Waals surface area contributed by atoms with Gasteiger partial charge in [0.1, 0.15) is 12.1 Å². The molecule has 0 fully saturated rings. The van der Waals surface area contributed by atoms with Crippen LogP contribution in [0.15, 0.2) is 59.5 Å². The second-order valence-corrected chi connectivity index (χ2v) is 10.1. The number of para-hydroxylation sites is 1. The highest BCUT2D eigenvalue weighted by Crippen LogP contribution is 2.12. The number of benzene rings is 2. The van der Waals surface area contributed by atoms with Crippen molar-refractivity contribution in [1.82, 2.24) is 20.8 Å². The van der Waals surface area contributed by atoms with Gasteiger partial charge in [0.15, 0.2) is 5.75 Å². The third kappa shape index (κ3) is 9.67. The Hall–Kier alpha value is -3.44. The summed E-state index contributed by atoms with van der Waals surface area (Å²) in [6.45, 7) is 5.75. The van der Waals surface area contributed by atoms with E-state index in [1.807, 2.05) is 13.8 Å². The Morgan fingerprint density at radius 3 is 2.28 bits per heavy atom. The van der Waals surface area contributed by atoms with Gasteiger partial charge in [-0.15, -0.1) is 0 Å². The van der Waals surface area contributed by atoms with Crippen molar-refractivity contribution in [3.05, 3.63) is 60.2 Å². The van der Waals surface area contributed by atoms with Crippen LogP contribution in [0.1, 0.15) is 45.1 Å². The van der Waals surface area contributed by atoms with Gasteiger partial charge >= 0.3 is 0 Å². The zero-order valence-electron chi connectivity index (χ0n) is 20.7. The Bertz CT molecular complexity index is 1110. The summed E-state index contributed by atoms with van der Waals surface area (Å²) >= 11 is 0. The maximum absolute atomic E-state index is 13.0. The van der Waals surface area contributed by atoms with Gasteiger partial charge in [-0.25, -0.2) is 8.42 Å². The minimum Gasteiger partial charge on any atom is -0.379 e. The zero-order valence-corrected chi connectivity index (χ0v) is 21.6. The molecule has 2 rings (SSSR count). The van der Waals surface area contributed by atoms with Crippen molar-refractivity contribution in [2.24, 2.45) is 0 Å². The van der Waals surface area contributed by atoms with Crippen LogP contribution >= 0.6 is 0 Å². The summed E-state index contributed by atoms with van der Waals surface area (Å²) in [5, 5.41) is 5.23. The molecule has 2 aromatic carbocycles. The lowest BCUT2D eigenvalue weighted by Crippen LogP contribution is -2.53. The van der Waals surface area contributed by atoms with Gasteiger partial charge in [-0.3, -0.25) is 14.4 Å². The molecule has 2 aromatic rings. The number of sulfonamides is 1. The molecule has 0 saturated carbocycles. The van der Waals surface area contributed by atoms with Gasteiger partial charge in [-0.2, -0.15) is 10.2 Å². The molecule has 0 aliphatic carbocycles. The van der Waals surface area contributed by atoms with E-state index in [1.54, 1.807) is 42.5 Å². The van der Waals surface area contributed by atoms with Crippen LogP contribution < -0.4 is 25.7 Å². The van der Waals surface area contributed by atoms with Crippen LogP contribution in [-0.2, 0) is 24.4 Å². The van der Waals surface area contributed by atoms with E-state index in [-0.39, 0.29) is 23.6 Å². The lowest BCUT2D eigenvalue weighted by Gasteiger charge is -2.21. The number of hydrogen-bond acceptors (Lipinski definition) is 6. The first-order valence-electron chi connectivity index (χ1n) is 11.8. The van der Waals surface area contributed by atoms with Crippen LogP contribution in [0.25, 0.3) is 0 Å². The summed E-state index contributed by atoms with van der Waals surface area (Å²) in [7, 11) is -4.06. The van der Waals surface area contributed by atoms with Gasteiger partial charge in [-0.05, 0) is 51.0 Å². The number of unbranched alkanes of at least 4 members (excludes halogenated alkanes) is 1. The van der Waals surface area contributed by atoms with Crippen molar-refractivity contribution in [3.8, 4) is 5.75 Å². The van der Waals surface area contributed by atoms with Gasteiger partial charge in [0.25, 0.3) is 5.91 Å². The highest BCUT2D eigenvalue weighted by atomic mass is 32.2. The van der Waals surface area contributed by atoms with Crippen LogP contribution in [0.3, 0.4) is 0 Å². The lowest BCUT2D eigenvalue weighted by molar-refractivity contribution is -0.133. The number of carbonyl (C=O) groups is 3. The standard InChI is InChI=1S/C25H34N4O6S/c1-4-5-17-26-23(30)16-15-22(29-36(33,34)21-13-11-18(2)12-14-21)25(32)27-19(3)24(31)28-35-20-9-7-6-8-10-20/h6-14,19,22,29H,4-5,15-17H2,1-3H3,(H,26,30)(H,27,32)(H,28,31)/t19-,22-/m0/s1. The minimum absolute atomic E-state index is 0.0136. The molecule has 0 heterocycles. The van der Waals surface area contributed by atoms with Gasteiger partial charge in [0.05, 0.1) is 4.90 Å². The monoisotopic (exact) mass is 518 g/mol. The molecule has 0 spiro atoms. The van der Waals surface area contributed by atoms with Crippen molar-refractivity contribution in [3.63, 3.8) is 0 Å². The van der Waals surface area contributed by atoms with E-state index < -0.39 is 33.9 Å². The van der Waals surface area contributed by atoms with Crippen LogP contribution in [0.2, 0.25) is 0 Å². The summed E-state index contributed by atoms with van der Waals surface area (Å²) in [5.41, 5.74) is 3.12. The second kappa shape index (κ2) is 14.2. The minimum atomic E-state index is -4.06. The molecule has 0 aliphatic heterocycles. The molecule has 0 unspecified atom stereocenters. The topological polar surface area (TPSA) is 143 Å². The Morgan fingerprint density at radius 2 is 1.64 bits per heavy atom. The smallest absolute Gasteiger partial charge is 0.274 e. The highest BCUT2D eigenvalue weighted by molar-refractivity contribution is 7.89. The molecule has 4 N–H and O–H groups in total. The first-order valence-corrected chi connectivity index (χ1v) is 13.3. The molecule has 0 aromatic heterocycles. The molecule has 36 heavy (non-hydrogen) atoms. The first kappa shape index (κ1) is 28.8. The molecule has 3 amide bonds. The number of aryl methyl sites for hydroxylation is 1. The lowest BCUT2D eigenvalue weighted by atomic mass is 10.1. The average molecular weight is 519 g/mol. The number of carbonyl (C=O) groups excluding carboxylic acids is 3. The number of hydrogen-bond donors (Lipinski definition) is 4. The third-order valence-corrected chi connectivity index (χ3v) is 6.71. The second-order valence-electron chi connectivity index (χ2n) is 8.34. The molecule has 0 radical (unpaired) electrons. The van der Waals surface area contributed by atoms with Crippen molar-refractivity contribution < 1.29 is 27.6 Å². The summed E-state index contributed by atoms with van der Waals surface area (Å²) in [5.74, 6) is -1.26. The Kier molecular flexibility index (Phi) is 11.4. The molecular formula is C25H34N4O6S. The molecule has 0 saturated heterocycles. The number of amides is 3. The number of hydroxylamine groups is 1. The van der Waals surface area contributed by atoms with Crippen LogP contribution in [0.4, 0.5) is 0 Å². The summed E-state index contributed by atoms with van der Waals surface area (Å²) in [6, 6.07) is 12.4. The molecule has 0 bridgehead atoms. The predicted octanol–water partition coefficient (Wildman–Crippen LogP) is 1.95. The van der Waals surface area contributed by atoms with Gasteiger partial charge in [-0.1, -0.05) is 49.2 Å². The van der Waals surface area contributed by atoms with E-state index in [4.69, 9.17) is 4.84 Å². The number of nitrogens with one attached hydrogen (secondary N) is 4. The van der Waals surface area contributed by atoms with E-state index in [0.29, 0.717) is 12.3 Å². The van der Waals surface area contributed by atoms with E-state index in [9.17, 15) is 22.8 Å². The van der Waals surface area contributed by atoms with Gasteiger partial charge in [0, 0.05) is 13.0 Å². The highest BCUT2D eigenvalue weighted by Gasteiger charge is 2.28. The Morgan fingerprint density at radius 1 is 0.972 bits per heavy atom. The molecular weight excluding hydrogens is 484 g/mol. The number of rotatable bonds is 14. The molecule has 196 valence electrons. The SMILES string of the molecule is CCCCNC(=O)CC[C@H](NS(=O)(=O)c1ccc(C)cc1)C(=O)N[C@@H](C)C(=O)NOc1ccccc1. The van der Waals surface area contributed by atoms with Crippen LogP contribution in [0, 0.1) is 6.92 Å². The van der Waals surface area contributed by atoms with E-state index in [1.165, 1.54) is 19.1 Å². The predicted molar refractivity (Wildman–Crippen MR) is 135 cm³/mol. The molecule has 2 atom stereocenters. The maximum atomic E-state index is 13.0. The van der Waals surface area contributed by atoms with Crippen molar-refractivity contribution >= 4 is 27.7 Å². The van der Waals surface area contributed by atoms with Gasteiger partial charge < -0.3 is 15.5 Å². The maximum Gasteiger partial charge on any atom is 0.274 e. The van der Waals surface area contributed by atoms with Crippen molar-refractivity contribution in [2.45, 2.75) is 63.4 Å². The summed E-state index contributed by atoms with van der Waals surface area (Å²) < 4.78 is 28.2. The van der Waals surface area contributed by atoms with Crippen molar-refractivity contribution in [1.29, 1.82) is 0 Å². The van der Waals surface area contributed by atoms with E-state index in [2.05, 4.69) is 20.8 Å². The van der Waals surface area contributed by atoms with Crippen molar-refractivity contribution in [2.75, 3.05) is 6.54 Å². The van der Waals surface area contributed by atoms with E-state index >= 15 is 0 Å². The third-order valence-electron chi connectivity index (χ3n) is 5.22. The van der Waals surface area contributed by atoms with Crippen LogP contribution in [-0.4, -0.2) is 44.8 Å². The quantitative estimate of drug-likeness (QED) is 0.222. The fourth-order valence-corrected chi connectivity index (χ4v) is 4.28. The Labute approximate surface area is 212 Å². The molecule has 11 heteroatoms. The molecule has 10 nitrogen and oxygen atoms in total. The molecule has 0 aliphatic rings. The van der Waals surface area contributed by atoms with E-state index in [0.717, 1.165) is 18.4 Å². The normalized spacial score (nSPS) is 12.8.